The van der Waals surface area contributed by atoms with Gasteiger partial charge in [-0.05, 0) is 93.5 Å². The summed E-state index contributed by atoms with van der Waals surface area (Å²) in [5.41, 5.74) is 14.0. The lowest BCUT2D eigenvalue weighted by molar-refractivity contribution is 0.0667. The van der Waals surface area contributed by atoms with Gasteiger partial charge in [0.15, 0.2) is 11.4 Å². The molecule has 1 amide bonds. The van der Waals surface area contributed by atoms with E-state index in [1.807, 2.05) is 56.4 Å². The van der Waals surface area contributed by atoms with E-state index in [-0.39, 0.29) is 34.5 Å². The van der Waals surface area contributed by atoms with Gasteiger partial charge in [0.1, 0.15) is 6.73 Å². The molecule has 0 fully saturated rings. The van der Waals surface area contributed by atoms with Crippen LogP contribution in [-0.2, 0) is 37.2 Å². The zero-order valence-electron chi connectivity index (χ0n) is 38.2. The number of hydrogen-bond donors (Lipinski definition) is 4. The van der Waals surface area contributed by atoms with Crippen molar-refractivity contribution in [2.45, 2.75) is 125 Å². The van der Waals surface area contributed by atoms with Gasteiger partial charge < -0.3 is 20.9 Å². The van der Waals surface area contributed by atoms with E-state index >= 15 is 0 Å². The predicted octanol–water partition coefficient (Wildman–Crippen LogP) is 8.26. The number of nitrogens with zero attached hydrogens (tertiary/aromatic N) is 9. The quantitative estimate of drug-likeness (QED) is 0.0679. The molecule has 0 spiro atoms. The fraction of sp³-hybridized carbons (Fsp3) is 0.478. The number of nitrogens with one attached hydrogen (secondary N) is 2. The maximum absolute atomic E-state index is 12.7. The van der Waals surface area contributed by atoms with E-state index < -0.39 is 14.0 Å². The molecule has 6 aromatic rings. The molecule has 5 N–H and O–H groups in total. The number of anilines is 2. The zero-order valence-corrected chi connectivity index (χ0v) is 39.2. The molecule has 2 aliphatic carbocycles. The molecule has 0 radical (unpaired) electrons. The van der Waals surface area contributed by atoms with Crippen molar-refractivity contribution in [2.24, 2.45) is 10.8 Å². The second-order valence-corrected chi connectivity index (χ2v) is 25.0. The number of amides is 1. The molecule has 8 rings (SSSR count). The van der Waals surface area contributed by atoms with Crippen molar-refractivity contribution < 1.29 is 19.4 Å². The highest BCUT2D eigenvalue weighted by Crippen LogP contribution is 2.37. The predicted molar refractivity (Wildman–Crippen MR) is 246 cm³/mol. The van der Waals surface area contributed by atoms with Crippen LogP contribution in [0.5, 0.6) is 0 Å². The van der Waals surface area contributed by atoms with Gasteiger partial charge in [-0.25, -0.2) is 9.48 Å². The number of pyridine rings is 2. The summed E-state index contributed by atoms with van der Waals surface area (Å²) in [5.74, 6) is -1.13. The van der Waals surface area contributed by atoms with Crippen LogP contribution in [0.3, 0.4) is 0 Å². The van der Waals surface area contributed by atoms with Gasteiger partial charge in [0.2, 0.25) is 0 Å². The number of carbonyl (C=O) groups is 2. The monoisotopic (exact) mass is 876 g/mol. The van der Waals surface area contributed by atoms with E-state index in [2.05, 4.69) is 88.1 Å². The third-order valence-corrected chi connectivity index (χ3v) is 13.4. The number of nitrogen functional groups attached to an aromatic ring is 1. The molecule has 2 unspecified atom stereocenters. The van der Waals surface area contributed by atoms with Crippen molar-refractivity contribution in [1.82, 2.24) is 49.5 Å². The molecular weight excluding hydrogens is 813 g/mol. The molecule has 6 aromatic heterocycles. The second-order valence-electron chi connectivity index (χ2n) is 19.4. The first kappa shape index (κ1) is 46.6. The van der Waals surface area contributed by atoms with Crippen LogP contribution in [0.1, 0.15) is 121 Å². The summed E-state index contributed by atoms with van der Waals surface area (Å²) in [5, 5.41) is 32.4. The minimum absolute atomic E-state index is 0.0165. The Morgan fingerprint density at radius 1 is 0.873 bits per heavy atom. The third kappa shape index (κ3) is 12.4. The topological polar surface area (TPSA) is 210 Å². The van der Waals surface area contributed by atoms with Gasteiger partial charge in [-0.15, -0.1) is 0 Å². The third-order valence-electron chi connectivity index (χ3n) is 11.7. The molecule has 6 heterocycles. The number of nitrogens with two attached hydrogens (primary N) is 1. The molecule has 0 saturated heterocycles. The molecule has 0 saturated carbocycles. The smallest absolute Gasteiger partial charge is 0.356 e. The second kappa shape index (κ2) is 19.6. The standard InChI is InChI=1S/C20H24N6O.C16H28N2O3Si.C10H12N4/c1-13(16-6-4-5-9-21-16)26-12-14(11-22-26)23-19(27)18-15-7-8-20(2,3)10-17(15)24-25-18;1-16(2)7-6-12-13(10-16)18(17-14(12)15(19)20)11-21-8-9-22(3,4)5;1-8(10-4-2-3-5-12-10)14-7-9(11)6-13-14/h4-6,9,11-13H,7-8,10H2,1-3H3,(H,23,27)(H,24,25);6-11H2,1-5H3,(H,19,20);2-8H,11H2,1H3. The molecule has 336 valence electrons. The summed E-state index contributed by atoms with van der Waals surface area (Å²) < 4.78 is 11.1. The first-order valence-corrected chi connectivity index (χ1v) is 25.4. The highest BCUT2D eigenvalue weighted by molar-refractivity contribution is 6.76. The lowest BCUT2D eigenvalue weighted by Gasteiger charge is -2.30. The fourth-order valence-electron chi connectivity index (χ4n) is 7.73. The number of ether oxygens (including phenoxy) is 1. The zero-order chi connectivity index (χ0) is 45.5. The average Bonchev–Trinajstić information content (AvgIpc) is 4.05. The highest BCUT2D eigenvalue weighted by atomic mass is 28.3. The van der Waals surface area contributed by atoms with Crippen molar-refractivity contribution in [2.75, 3.05) is 17.7 Å². The molecule has 0 bridgehead atoms. The summed E-state index contributed by atoms with van der Waals surface area (Å²) in [6.45, 7) is 21.0. The minimum atomic E-state index is -1.11. The highest BCUT2D eigenvalue weighted by Gasteiger charge is 2.33. The van der Waals surface area contributed by atoms with E-state index in [0.29, 0.717) is 23.8 Å². The fourth-order valence-corrected chi connectivity index (χ4v) is 8.49. The average molecular weight is 877 g/mol. The van der Waals surface area contributed by atoms with Gasteiger partial charge in [-0.1, -0.05) is 59.5 Å². The van der Waals surface area contributed by atoms with Crippen LogP contribution in [0, 0.1) is 10.8 Å². The number of carboxylic acids is 1. The van der Waals surface area contributed by atoms with Gasteiger partial charge >= 0.3 is 5.97 Å². The van der Waals surface area contributed by atoms with Gasteiger partial charge in [0.25, 0.3) is 5.91 Å². The van der Waals surface area contributed by atoms with Gasteiger partial charge in [0.05, 0.1) is 47.2 Å². The SMILES string of the molecule is CC(c1ccccn1)n1cc(N)cn1.CC(c1ccccn1)n1cc(NC(=O)c2n[nH]c3c2CCC(C)(C)C3)cn1.CC1(C)CCc2c(C(=O)O)nn(COCC[Si](C)(C)C)c2C1. The number of carbonyl (C=O) groups excluding carboxylic acids is 1. The van der Waals surface area contributed by atoms with Crippen molar-refractivity contribution in [3.63, 3.8) is 0 Å². The van der Waals surface area contributed by atoms with Crippen LogP contribution in [-0.4, -0.2) is 81.2 Å². The van der Waals surface area contributed by atoms with E-state index in [1.54, 1.807) is 45.0 Å². The number of aromatic carboxylic acids is 1. The molecule has 2 atom stereocenters. The van der Waals surface area contributed by atoms with Crippen LogP contribution in [0.15, 0.2) is 73.6 Å². The summed E-state index contributed by atoms with van der Waals surface area (Å²) in [4.78, 5) is 32.7. The summed E-state index contributed by atoms with van der Waals surface area (Å²) in [7, 11) is -1.11. The van der Waals surface area contributed by atoms with Crippen molar-refractivity contribution >= 4 is 31.3 Å². The van der Waals surface area contributed by atoms with E-state index in [9.17, 15) is 14.7 Å². The van der Waals surface area contributed by atoms with Crippen molar-refractivity contribution in [3.05, 3.63) is 119 Å². The first-order chi connectivity index (χ1) is 29.8. The van der Waals surface area contributed by atoms with Gasteiger partial charge in [-0.2, -0.15) is 20.4 Å². The van der Waals surface area contributed by atoms with E-state index in [0.717, 1.165) is 85.1 Å². The summed E-state index contributed by atoms with van der Waals surface area (Å²) in [6.07, 6.45) is 16.0. The van der Waals surface area contributed by atoms with Gasteiger partial charge in [-0.3, -0.25) is 29.2 Å². The maximum atomic E-state index is 12.7. The Kier molecular flexibility index (Phi) is 14.5. The number of carboxylic acid groups (broad SMARTS) is 1. The molecule has 0 aliphatic heterocycles. The largest absolute Gasteiger partial charge is 0.476 e. The Balaban J connectivity index is 0.000000165. The van der Waals surface area contributed by atoms with Crippen LogP contribution in [0.2, 0.25) is 25.7 Å². The molecule has 63 heavy (non-hydrogen) atoms. The Morgan fingerprint density at radius 2 is 1.48 bits per heavy atom. The molecule has 16 nitrogen and oxygen atoms in total. The number of aromatic amines is 1. The molecule has 0 aromatic carbocycles. The molecule has 2 aliphatic rings. The number of fused-ring (bicyclic) bond motifs is 2. The summed E-state index contributed by atoms with van der Waals surface area (Å²) in [6, 6.07) is 12.8. The van der Waals surface area contributed by atoms with Crippen molar-refractivity contribution in [1.29, 1.82) is 0 Å². The number of hydrogen-bond acceptors (Lipinski definition) is 10. The van der Waals surface area contributed by atoms with Crippen LogP contribution >= 0.6 is 0 Å². The van der Waals surface area contributed by atoms with Gasteiger partial charge in [0, 0.05) is 62.0 Å². The van der Waals surface area contributed by atoms with E-state index in [4.69, 9.17) is 10.5 Å². The Labute approximate surface area is 371 Å². The summed E-state index contributed by atoms with van der Waals surface area (Å²) >= 11 is 0. The van der Waals surface area contributed by atoms with Crippen LogP contribution in [0.25, 0.3) is 0 Å². The van der Waals surface area contributed by atoms with E-state index in [1.165, 1.54) is 0 Å². The lowest BCUT2D eigenvalue weighted by Crippen LogP contribution is -2.25. The van der Waals surface area contributed by atoms with Crippen molar-refractivity contribution in [3.8, 4) is 0 Å². The maximum Gasteiger partial charge on any atom is 0.356 e. The van der Waals surface area contributed by atoms with Crippen LogP contribution < -0.4 is 11.1 Å². The number of H-pyrrole nitrogens is 1. The Bertz CT molecular complexity index is 2450. The lowest BCUT2D eigenvalue weighted by atomic mass is 9.76. The molecule has 17 heteroatoms. The Morgan fingerprint density at radius 3 is 2.05 bits per heavy atom. The minimum Gasteiger partial charge on any atom is -0.476 e. The first-order valence-electron chi connectivity index (χ1n) is 21.7. The van der Waals surface area contributed by atoms with Crippen LogP contribution in [0.4, 0.5) is 11.4 Å². The number of rotatable bonds is 12. The Hall–Kier alpha value is -5.94. The molecular formula is C46H64N12O4Si. The normalized spacial score (nSPS) is 16.0. The number of aromatic nitrogens is 10.